The number of para-hydroxylation sites is 2. The van der Waals surface area contributed by atoms with Crippen molar-refractivity contribution in [2.24, 2.45) is 0 Å². The van der Waals surface area contributed by atoms with Crippen LogP contribution in [0.25, 0.3) is 0 Å². The number of ether oxygens (including phenoxy) is 1. The van der Waals surface area contributed by atoms with Gasteiger partial charge in [-0.05, 0) is 18.6 Å². The second-order valence-electron chi connectivity index (χ2n) is 4.50. The summed E-state index contributed by atoms with van der Waals surface area (Å²) in [6.07, 6.45) is 1.16. The molecule has 0 heterocycles. The van der Waals surface area contributed by atoms with Gasteiger partial charge in [-0.15, -0.1) is 0 Å². The molecule has 0 aliphatic heterocycles. The number of hydrogen-bond donors (Lipinski definition) is 1. The quantitative estimate of drug-likeness (QED) is 0.832. The lowest BCUT2D eigenvalue weighted by atomic mass is 10.2. The lowest BCUT2D eigenvalue weighted by Gasteiger charge is -2.20. The molecule has 0 atom stereocenters. The van der Waals surface area contributed by atoms with Crippen molar-refractivity contribution in [1.29, 1.82) is 0 Å². The molecule has 0 fully saturated rings. The number of carbonyl (C=O) groups excluding carboxylic acids is 2. The lowest BCUT2D eigenvalue weighted by Crippen LogP contribution is -2.32. The molecule has 1 aromatic carbocycles. The number of nitrogens with one attached hydrogen (secondary N) is 1. The van der Waals surface area contributed by atoms with Gasteiger partial charge in [0.2, 0.25) is 11.8 Å². The van der Waals surface area contributed by atoms with Gasteiger partial charge >= 0.3 is 0 Å². The van der Waals surface area contributed by atoms with E-state index >= 15 is 0 Å². The summed E-state index contributed by atoms with van der Waals surface area (Å²) < 4.78 is 5.17. The van der Waals surface area contributed by atoms with E-state index in [-0.39, 0.29) is 18.2 Å². The van der Waals surface area contributed by atoms with Gasteiger partial charge in [-0.25, -0.2) is 0 Å². The second kappa shape index (κ2) is 8.19. The zero-order chi connectivity index (χ0) is 15.0. The molecular formula is C15H22N2O3. The normalized spacial score (nSPS) is 9.95. The van der Waals surface area contributed by atoms with Crippen LogP contribution in [0.1, 0.15) is 26.7 Å². The number of benzene rings is 1. The highest BCUT2D eigenvalue weighted by Crippen LogP contribution is 2.22. The molecule has 1 rings (SSSR count). The van der Waals surface area contributed by atoms with Crippen molar-refractivity contribution in [3.8, 4) is 5.75 Å². The van der Waals surface area contributed by atoms with E-state index in [1.165, 1.54) is 6.92 Å². The second-order valence-corrected chi connectivity index (χ2v) is 4.50. The molecular weight excluding hydrogens is 256 g/mol. The van der Waals surface area contributed by atoms with E-state index < -0.39 is 0 Å². The maximum absolute atomic E-state index is 11.9. The molecule has 0 saturated heterocycles. The summed E-state index contributed by atoms with van der Waals surface area (Å²) in [6, 6.07) is 7.24. The van der Waals surface area contributed by atoms with Crippen molar-refractivity contribution in [2.45, 2.75) is 26.7 Å². The minimum absolute atomic E-state index is 0.00283. The van der Waals surface area contributed by atoms with Crippen molar-refractivity contribution in [3.63, 3.8) is 0 Å². The molecule has 0 unspecified atom stereocenters. The van der Waals surface area contributed by atoms with Crippen molar-refractivity contribution in [3.05, 3.63) is 24.3 Å². The van der Waals surface area contributed by atoms with Crippen LogP contribution in [0.3, 0.4) is 0 Å². The van der Waals surface area contributed by atoms with Crippen molar-refractivity contribution in [1.82, 2.24) is 4.90 Å². The number of carbonyl (C=O) groups is 2. The number of methoxy groups -OCH3 is 1. The van der Waals surface area contributed by atoms with E-state index in [1.54, 1.807) is 24.1 Å². The highest BCUT2D eigenvalue weighted by Gasteiger charge is 2.11. The smallest absolute Gasteiger partial charge is 0.226 e. The Kier molecular flexibility index (Phi) is 6.56. The summed E-state index contributed by atoms with van der Waals surface area (Å²) in [5.74, 6) is 0.492. The van der Waals surface area contributed by atoms with E-state index in [0.29, 0.717) is 24.5 Å². The van der Waals surface area contributed by atoms with Gasteiger partial charge in [0.15, 0.2) is 0 Å². The molecule has 0 aromatic heterocycles. The van der Waals surface area contributed by atoms with Gasteiger partial charge in [-0.1, -0.05) is 19.1 Å². The zero-order valence-corrected chi connectivity index (χ0v) is 12.3. The fourth-order valence-corrected chi connectivity index (χ4v) is 1.89. The molecule has 1 N–H and O–H groups in total. The van der Waals surface area contributed by atoms with E-state index in [1.807, 2.05) is 19.1 Å². The first kappa shape index (κ1) is 16.0. The molecule has 1 aromatic rings. The topological polar surface area (TPSA) is 58.6 Å². The third-order valence-electron chi connectivity index (χ3n) is 2.93. The third-order valence-corrected chi connectivity index (χ3v) is 2.93. The van der Waals surface area contributed by atoms with Gasteiger partial charge in [-0.2, -0.15) is 0 Å². The van der Waals surface area contributed by atoms with Crippen LogP contribution < -0.4 is 10.1 Å². The van der Waals surface area contributed by atoms with E-state index in [9.17, 15) is 9.59 Å². The first-order valence-electron chi connectivity index (χ1n) is 6.76. The number of nitrogens with zero attached hydrogens (tertiary/aromatic N) is 1. The average Bonchev–Trinajstić information content (AvgIpc) is 2.43. The van der Waals surface area contributed by atoms with Crippen LogP contribution in [0.2, 0.25) is 0 Å². The first-order valence-corrected chi connectivity index (χ1v) is 6.76. The highest BCUT2D eigenvalue weighted by molar-refractivity contribution is 5.92. The molecule has 0 spiro atoms. The monoisotopic (exact) mass is 278 g/mol. The fraction of sp³-hybridized carbons (Fsp3) is 0.467. The molecule has 0 aliphatic rings. The largest absolute Gasteiger partial charge is 0.495 e. The van der Waals surface area contributed by atoms with Crippen LogP contribution in [0.15, 0.2) is 24.3 Å². The summed E-state index contributed by atoms with van der Waals surface area (Å²) in [5, 5.41) is 2.80. The average molecular weight is 278 g/mol. The molecule has 0 saturated carbocycles. The van der Waals surface area contributed by atoms with Gasteiger partial charge in [0.05, 0.1) is 12.8 Å². The molecule has 2 amide bonds. The Hall–Kier alpha value is -2.04. The van der Waals surface area contributed by atoms with Gasteiger partial charge in [0.25, 0.3) is 0 Å². The van der Waals surface area contributed by atoms with Gasteiger partial charge in [-0.3, -0.25) is 9.59 Å². The Bertz CT molecular complexity index is 460. The van der Waals surface area contributed by atoms with E-state index in [0.717, 1.165) is 6.42 Å². The zero-order valence-electron chi connectivity index (χ0n) is 12.3. The van der Waals surface area contributed by atoms with Crippen molar-refractivity contribution in [2.75, 3.05) is 25.5 Å². The predicted molar refractivity (Wildman–Crippen MR) is 78.8 cm³/mol. The van der Waals surface area contributed by atoms with Crippen LogP contribution in [-0.2, 0) is 9.59 Å². The maximum atomic E-state index is 11.9. The van der Waals surface area contributed by atoms with Gasteiger partial charge in [0.1, 0.15) is 5.75 Å². The summed E-state index contributed by atoms with van der Waals surface area (Å²) in [5.41, 5.74) is 0.643. The third kappa shape index (κ3) is 4.91. The molecule has 0 bridgehead atoms. The molecule has 5 heteroatoms. The highest BCUT2D eigenvalue weighted by atomic mass is 16.5. The number of anilines is 1. The summed E-state index contributed by atoms with van der Waals surface area (Å²) in [4.78, 5) is 25.0. The van der Waals surface area contributed by atoms with Gasteiger partial charge in [0, 0.05) is 26.4 Å². The number of amides is 2. The minimum Gasteiger partial charge on any atom is -0.495 e. The standard InChI is InChI=1S/C15H22N2O3/c1-4-10-17(12(2)18)11-9-15(19)16-13-7-5-6-8-14(13)20-3/h5-8H,4,9-11H2,1-3H3,(H,16,19). The summed E-state index contributed by atoms with van der Waals surface area (Å²) in [6.45, 7) is 4.64. The first-order chi connectivity index (χ1) is 9.58. The van der Waals surface area contributed by atoms with Crippen LogP contribution in [0, 0.1) is 0 Å². The molecule has 0 radical (unpaired) electrons. The Morgan fingerprint density at radius 2 is 1.95 bits per heavy atom. The van der Waals surface area contributed by atoms with E-state index in [2.05, 4.69) is 5.32 Å². The molecule has 110 valence electrons. The van der Waals surface area contributed by atoms with Crippen molar-refractivity contribution < 1.29 is 14.3 Å². The van der Waals surface area contributed by atoms with E-state index in [4.69, 9.17) is 4.74 Å². The molecule has 5 nitrogen and oxygen atoms in total. The summed E-state index contributed by atoms with van der Waals surface area (Å²) in [7, 11) is 1.56. The Labute approximate surface area is 119 Å². The number of hydrogen-bond acceptors (Lipinski definition) is 3. The molecule has 0 aliphatic carbocycles. The number of rotatable bonds is 7. The SMILES string of the molecule is CCCN(CCC(=O)Nc1ccccc1OC)C(C)=O. The van der Waals surface area contributed by atoms with Crippen LogP contribution in [0.4, 0.5) is 5.69 Å². The predicted octanol–water partition coefficient (Wildman–Crippen LogP) is 2.28. The Morgan fingerprint density at radius 1 is 1.25 bits per heavy atom. The fourth-order valence-electron chi connectivity index (χ4n) is 1.89. The maximum Gasteiger partial charge on any atom is 0.226 e. The molecule has 20 heavy (non-hydrogen) atoms. The summed E-state index contributed by atoms with van der Waals surface area (Å²) >= 11 is 0. The minimum atomic E-state index is -0.128. The van der Waals surface area contributed by atoms with Crippen LogP contribution >= 0.6 is 0 Å². The van der Waals surface area contributed by atoms with Crippen LogP contribution in [0.5, 0.6) is 5.75 Å². The Morgan fingerprint density at radius 3 is 2.55 bits per heavy atom. The Balaban J connectivity index is 2.53. The van der Waals surface area contributed by atoms with Gasteiger partial charge < -0.3 is 15.0 Å². The van der Waals surface area contributed by atoms with Crippen LogP contribution in [-0.4, -0.2) is 36.9 Å². The van der Waals surface area contributed by atoms with Crippen molar-refractivity contribution >= 4 is 17.5 Å². The lowest BCUT2D eigenvalue weighted by molar-refractivity contribution is -0.129.